The van der Waals surface area contributed by atoms with E-state index in [-0.39, 0.29) is 5.91 Å². The van der Waals surface area contributed by atoms with Crippen LogP contribution in [0.25, 0.3) is 6.08 Å². The van der Waals surface area contributed by atoms with Crippen LogP contribution in [0.2, 0.25) is 0 Å². The molecule has 0 N–H and O–H groups in total. The van der Waals surface area contributed by atoms with Gasteiger partial charge in [-0.2, -0.15) is 0 Å². The number of carbonyl (C=O) groups excluding carboxylic acids is 2. The van der Waals surface area contributed by atoms with E-state index >= 15 is 0 Å². The van der Waals surface area contributed by atoms with Crippen molar-refractivity contribution in [3.63, 3.8) is 0 Å². The maximum Gasteiger partial charge on any atom is 0.246 e. The molecule has 100 valence electrons. The van der Waals surface area contributed by atoms with E-state index in [4.69, 9.17) is 0 Å². The summed E-state index contributed by atoms with van der Waals surface area (Å²) in [5.74, 6) is -0.00877. The second-order valence-electron chi connectivity index (χ2n) is 4.36. The van der Waals surface area contributed by atoms with Crippen LogP contribution in [-0.4, -0.2) is 48.3 Å². The number of benzene rings is 1. The first-order valence-corrected chi connectivity index (χ1v) is 6.90. The van der Waals surface area contributed by atoms with Crippen molar-refractivity contribution in [2.45, 2.75) is 0 Å². The summed E-state index contributed by atoms with van der Waals surface area (Å²) in [4.78, 5) is 26.0. The number of nitrogens with zero attached hydrogens (tertiary/aromatic N) is 2. The van der Waals surface area contributed by atoms with Gasteiger partial charge in [0.2, 0.25) is 12.3 Å². The van der Waals surface area contributed by atoms with Crippen molar-refractivity contribution < 1.29 is 9.59 Å². The average Bonchev–Trinajstić information content (AvgIpc) is 2.45. The van der Waals surface area contributed by atoms with Gasteiger partial charge in [-0.25, -0.2) is 0 Å². The molecule has 1 heterocycles. The van der Waals surface area contributed by atoms with Crippen molar-refractivity contribution in [3.8, 4) is 0 Å². The zero-order chi connectivity index (χ0) is 13.7. The molecule has 1 aliphatic heterocycles. The molecule has 19 heavy (non-hydrogen) atoms. The molecule has 4 nitrogen and oxygen atoms in total. The van der Waals surface area contributed by atoms with E-state index in [0.717, 1.165) is 16.4 Å². The predicted molar refractivity (Wildman–Crippen MR) is 77.4 cm³/mol. The van der Waals surface area contributed by atoms with Crippen LogP contribution in [0.4, 0.5) is 0 Å². The molecule has 0 aliphatic carbocycles. The lowest BCUT2D eigenvalue weighted by atomic mass is 10.2. The molecule has 5 heteroatoms. The Kier molecular flexibility index (Phi) is 4.74. The van der Waals surface area contributed by atoms with Crippen LogP contribution in [0.5, 0.6) is 0 Å². The van der Waals surface area contributed by atoms with Gasteiger partial charge in [-0.15, -0.1) is 0 Å². The fraction of sp³-hybridized carbons (Fsp3) is 0.286. The average molecular weight is 323 g/mol. The molecule has 0 saturated carbocycles. The summed E-state index contributed by atoms with van der Waals surface area (Å²) in [5.41, 5.74) is 0.981. The molecule has 1 fully saturated rings. The van der Waals surface area contributed by atoms with E-state index in [1.165, 1.54) is 0 Å². The molecule has 0 aromatic heterocycles. The van der Waals surface area contributed by atoms with Crippen LogP contribution in [0.3, 0.4) is 0 Å². The van der Waals surface area contributed by atoms with Gasteiger partial charge in [0.1, 0.15) is 0 Å². The lowest BCUT2D eigenvalue weighted by molar-refractivity contribution is -0.130. The van der Waals surface area contributed by atoms with E-state index in [1.54, 1.807) is 22.0 Å². The van der Waals surface area contributed by atoms with Gasteiger partial charge in [0, 0.05) is 36.7 Å². The number of rotatable bonds is 3. The van der Waals surface area contributed by atoms with Crippen molar-refractivity contribution in [1.29, 1.82) is 0 Å². The molecule has 0 atom stereocenters. The summed E-state index contributed by atoms with van der Waals surface area (Å²) >= 11 is 3.39. The Morgan fingerprint density at radius 3 is 2.58 bits per heavy atom. The first-order chi connectivity index (χ1) is 9.19. The smallest absolute Gasteiger partial charge is 0.246 e. The molecule has 0 unspecified atom stereocenters. The fourth-order valence-corrected chi connectivity index (χ4v) is 2.35. The van der Waals surface area contributed by atoms with Crippen LogP contribution < -0.4 is 0 Å². The first-order valence-electron chi connectivity index (χ1n) is 6.11. The number of piperazine rings is 1. The highest BCUT2D eigenvalue weighted by Crippen LogP contribution is 2.13. The van der Waals surface area contributed by atoms with Gasteiger partial charge < -0.3 is 9.80 Å². The quantitative estimate of drug-likeness (QED) is 0.628. The minimum atomic E-state index is -0.00877. The predicted octanol–water partition coefficient (Wildman–Crippen LogP) is 1.76. The molecule has 0 bridgehead atoms. The molecule has 2 amide bonds. The highest BCUT2D eigenvalue weighted by molar-refractivity contribution is 9.10. The Morgan fingerprint density at radius 2 is 1.95 bits per heavy atom. The molecule has 0 spiro atoms. The van der Waals surface area contributed by atoms with Gasteiger partial charge in [0.15, 0.2) is 0 Å². The molecular weight excluding hydrogens is 308 g/mol. The zero-order valence-electron chi connectivity index (χ0n) is 10.5. The van der Waals surface area contributed by atoms with Crippen molar-refractivity contribution in [1.82, 2.24) is 9.80 Å². The number of amides is 2. The van der Waals surface area contributed by atoms with Gasteiger partial charge in [-0.1, -0.05) is 28.1 Å². The molecule has 0 radical (unpaired) electrons. The number of hydrogen-bond acceptors (Lipinski definition) is 2. The lowest BCUT2D eigenvalue weighted by Crippen LogP contribution is -2.47. The Balaban J connectivity index is 1.92. The minimum Gasteiger partial charge on any atom is -0.342 e. The van der Waals surface area contributed by atoms with Gasteiger partial charge in [0.05, 0.1) is 0 Å². The molecule has 2 rings (SSSR count). The zero-order valence-corrected chi connectivity index (χ0v) is 12.0. The summed E-state index contributed by atoms with van der Waals surface area (Å²) in [7, 11) is 0. The van der Waals surface area contributed by atoms with E-state index in [0.29, 0.717) is 26.2 Å². The number of halogens is 1. The van der Waals surface area contributed by atoms with Gasteiger partial charge in [0.25, 0.3) is 0 Å². The maximum atomic E-state index is 12.0. The summed E-state index contributed by atoms with van der Waals surface area (Å²) in [5, 5.41) is 0. The third kappa shape index (κ3) is 3.92. The highest BCUT2D eigenvalue weighted by Gasteiger charge is 2.17. The molecule has 1 aromatic carbocycles. The van der Waals surface area contributed by atoms with Crippen molar-refractivity contribution in [2.24, 2.45) is 0 Å². The standard InChI is InChI=1S/C14H15BrN2O2/c15-13-3-1-2-12(10-13)4-5-14(19)17-8-6-16(11-18)7-9-17/h1-5,10-11H,6-9H2/b5-4+. The summed E-state index contributed by atoms with van der Waals surface area (Å²) in [6, 6.07) is 7.77. The third-order valence-electron chi connectivity index (χ3n) is 3.04. The lowest BCUT2D eigenvalue weighted by Gasteiger charge is -2.31. The topological polar surface area (TPSA) is 40.6 Å². The van der Waals surface area contributed by atoms with E-state index < -0.39 is 0 Å². The Hall–Kier alpha value is -1.62. The third-order valence-corrected chi connectivity index (χ3v) is 3.54. The van der Waals surface area contributed by atoms with E-state index in [2.05, 4.69) is 15.9 Å². The van der Waals surface area contributed by atoms with Crippen molar-refractivity contribution in [3.05, 3.63) is 40.4 Å². The van der Waals surface area contributed by atoms with Gasteiger partial charge >= 0.3 is 0 Å². The van der Waals surface area contributed by atoms with Crippen molar-refractivity contribution in [2.75, 3.05) is 26.2 Å². The van der Waals surface area contributed by atoms with Gasteiger partial charge in [-0.05, 0) is 23.8 Å². The largest absolute Gasteiger partial charge is 0.342 e. The fourth-order valence-electron chi connectivity index (χ4n) is 1.93. The molecule has 1 aliphatic rings. The molecule has 1 saturated heterocycles. The molecular formula is C14H15BrN2O2. The number of hydrogen-bond donors (Lipinski definition) is 0. The second-order valence-corrected chi connectivity index (χ2v) is 5.27. The van der Waals surface area contributed by atoms with Crippen LogP contribution in [-0.2, 0) is 9.59 Å². The van der Waals surface area contributed by atoms with Crippen LogP contribution in [0.15, 0.2) is 34.8 Å². The number of carbonyl (C=O) groups is 2. The molecule has 1 aromatic rings. The van der Waals surface area contributed by atoms with E-state index in [1.807, 2.05) is 24.3 Å². The highest BCUT2D eigenvalue weighted by atomic mass is 79.9. The summed E-state index contributed by atoms with van der Waals surface area (Å²) < 4.78 is 0.988. The van der Waals surface area contributed by atoms with Crippen LogP contribution >= 0.6 is 15.9 Å². The Morgan fingerprint density at radius 1 is 1.21 bits per heavy atom. The Labute approximate surface area is 120 Å². The maximum absolute atomic E-state index is 12.0. The van der Waals surface area contributed by atoms with Crippen LogP contribution in [0, 0.1) is 0 Å². The SMILES string of the molecule is O=CN1CCN(C(=O)/C=C/c2cccc(Br)c2)CC1. The normalized spacial score (nSPS) is 15.8. The van der Waals surface area contributed by atoms with Crippen LogP contribution in [0.1, 0.15) is 5.56 Å². The Bertz CT molecular complexity index is 494. The monoisotopic (exact) mass is 322 g/mol. The van der Waals surface area contributed by atoms with E-state index in [9.17, 15) is 9.59 Å². The van der Waals surface area contributed by atoms with Crippen molar-refractivity contribution >= 4 is 34.3 Å². The van der Waals surface area contributed by atoms with Gasteiger partial charge in [-0.3, -0.25) is 9.59 Å². The minimum absolute atomic E-state index is 0.00877. The first kappa shape index (κ1) is 13.8. The second kappa shape index (κ2) is 6.52. The summed E-state index contributed by atoms with van der Waals surface area (Å²) in [6.45, 7) is 2.42. The summed E-state index contributed by atoms with van der Waals surface area (Å²) in [6.07, 6.45) is 4.22.